The topological polar surface area (TPSA) is 58.2 Å². The molecule has 0 aliphatic heterocycles. The zero-order valence-electron chi connectivity index (χ0n) is 16.5. The molecule has 1 atom stereocenters. The first-order chi connectivity index (χ1) is 14.4. The van der Waals surface area contributed by atoms with E-state index in [-0.39, 0.29) is 24.1 Å². The molecule has 1 unspecified atom stereocenters. The van der Waals surface area contributed by atoms with Crippen molar-refractivity contribution in [1.29, 1.82) is 0 Å². The largest absolute Gasteiger partial charge is 0.349 e. The Kier molecular flexibility index (Phi) is 6.91. The fourth-order valence-electron chi connectivity index (χ4n) is 3.22. The number of carbonyl (C=O) groups is 2. The summed E-state index contributed by atoms with van der Waals surface area (Å²) < 4.78 is 27.3. The third-order valence-electron chi connectivity index (χ3n) is 4.55. The fourth-order valence-corrected chi connectivity index (χ4v) is 3.22. The molecule has 0 heterocycles. The summed E-state index contributed by atoms with van der Waals surface area (Å²) in [7, 11) is 0. The van der Waals surface area contributed by atoms with Crippen molar-refractivity contribution >= 4 is 17.5 Å². The summed E-state index contributed by atoms with van der Waals surface area (Å²) in [4.78, 5) is 23.8. The van der Waals surface area contributed by atoms with Crippen LogP contribution >= 0.6 is 0 Å². The highest BCUT2D eigenvalue weighted by molar-refractivity contribution is 5.88. The van der Waals surface area contributed by atoms with Crippen molar-refractivity contribution in [2.45, 2.75) is 25.8 Å². The third kappa shape index (κ3) is 6.24. The van der Waals surface area contributed by atoms with Crippen LogP contribution in [-0.4, -0.2) is 11.8 Å². The number of anilines is 1. The lowest BCUT2D eigenvalue weighted by molar-refractivity contribution is -0.121. The predicted molar refractivity (Wildman–Crippen MR) is 112 cm³/mol. The lowest BCUT2D eigenvalue weighted by Crippen LogP contribution is -2.31. The van der Waals surface area contributed by atoms with Crippen LogP contribution in [0.2, 0.25) is 0 Å². The van der Waals surface area contributed by atoms with Gasteiger partial charge in [-0.3, -0.25) is 9.59 Å². The van der Waals surface area contributed by atoms with Crippen LogP contribution in [0.3, 0.4) is 0 Å². The molecule has 0 radical (unpaired) electrons. The number of nitrogens with one attached hydrogen (secondary N) is 2. The molecule has 0 saturated heterocycles. The number of rotatable bonds is 7. The SMILES string of the molecule is CC(=O)Nc1ccc(CC(=O)NC(Cc2cccc(F)c2)c2cccc(F)c2)cc1. The van der Waals surface area contributed by atoms with Crippen molar-refractivity contribution in [2.75, 3.05) is 5.32 Å². The number of carbonyl (C=O) groups excluding carboxylic acids is 2. The molecule has 0 fully saturated rings. The van der Waals surface area contributed by atoms with Gasteiger partial charge in [0.15, 0.2) is 0 Å². The van der Waals surface area contributed by atoms with E-state index in [0.29, 0.717) is 23.2 Å². The number of hydrogen-bond acceptors (Lipinski definition) is 2. The van der Waals surface area contributed by atoms with Gasteiger partial charge in [0.05, 0.1) is 12.5 Å². The van der Waals surface area contributed by atoms with Gasteiger partial charge in [0.25, 0.3) is 0 Å². The molecular weight excluding hydrogens is 386 g/mol. The second-order valence-electron chi connectivity index (χ2n) is 7.06. The Bertz CT molecular complexity index is 1040. The predicted octanol–water partition coefficient (Wildman–Crippen LogP) is 4.57. The molecule has 3 aromatic rings. The van der Waals surface area contributed by atoms with Crippen LogP contribution in [0.4, 0.5) is 14.5 Å². The lowest BCUT2D eigenvalue weighted by atomic mass is 9.98. The van der Waals surface area contributed by atoms with Crippen LogP contribution in [0.15, 0.2) is 72.8 Å². The molecule has 4 nitrogen and oxygen atoms in total. The van der Waals surface area contributed by atoms with Crippen molar-refractivity contribution in [3.8, 4) is 0 Å². The number of hydrogen-bond donors (Lipinski definition) is 2. The molecule has 0 spiro atoms. The molecule has 2 amide bonds. The van der Waals surface area contributed by atoms with Crippen molar-refractivity contribution in [1.82, 2.24) is 5.32 Å². The van der Waals surface area contributed by atoms with Gasteiger partial charge in [0, 0.05) is 12.6 Å². The van der Waals surface area contributed by atoms with E-state index >= 15 is 0 Å². The average Bonchev–Trinajstić information content (AvgIpc) is 2.69. The molecule has 3 aromatic carbocycles. The zero-order valence-corrected chi connectivity index (χ0v) is 16.5. The minimum atomic E-state index is -0.506. The van der Waals surface area contributed by atoms with Gasteiger partial charge in [0.1, 0.15) is 11.6 Å². The molecule has 6 heteroatoms. The van der Waals surface area contributed by atoms with Crippen LogP contribution in [0, 0.1) is 11.6 Å². The maximum atomic E-state index is 13.7. The van der Waals surface area contributed by atoms with Crippen LogP contribution in [0.25, 0.3) is 0 Å². The summed E-state index contributed by atoms with van der Waals surface area (Å²) >= 11 is 0. The quantitative estimate of drug-likeness (QED) is 0.602. The summed E-state index contributed by atoms with van der Waals surface area (Å²) in [5.41, 5.74) is 2.72. The molecule has 30 heavy (non-hydrogen) atoms. The highest BCUT2D eigenvalue weighted by Gasteiger charge is 2.17. The summed E-state index contributed by atoms with van der Waals surface area (Å²) in [6, 6.07) is 18.6. The van der Waals surface area contributed by atoms with Gasteiger partial charge >= 0.3 is 0 Å². The van der Waals surface area contributed by atoms with Crippen LogP contribution in [0.1, 0.15) is 29.7 Å². The molecule has 3 rings (SSSR count). The van der Waals surface area contributed by atoms with E-state index in [1.807, 2.05) is 0 Å². The van der Waals surface area contributed by atoms with Crippen LogP contribution < -0.4 is 10.6 Å². The van der Waals surface area contributed by atoms with Gasteiger partial charge < -0.3 is 10.6 Å². The van der Waals surface area contributed by atoms with E-state index in [4.69, 9.17) is 0 Å². The van der Waals surface area contributed by atoms with Gasteiger partial charge in [-0.25, -0.2) is 8.78 Å². The van der Waals surface area contributed by atoms with Crippen LogP contribution in [0.5, 0.6) is 0 Å². The van der Waals surface area contributed by atoms with Gasteiger partial charge in [0.2, 0.25) is 11.8 Å². The lowest BCUT2D eigenvalue weighted by Gasteiger charge is -2.20. The smallest absolute Gasteiger partial charge is 0.224 e. The highest BCUT2D eigenvalue weighted by Crippen LogP contribution is 2.20. The zero-order chi connectivity index (χ0) is 21.5. The summed E-state index contributed by atoms with van der Waals surface area (Å²) in [5.74, 6) is -1.18. The Morgan fingerprint density at radius 2 is 1.53 bits per heavy atom. The van der Waals surface area contributed by atoms with Crippen molar-refractivity contribution in [2.24, 2.45) is 0 Å². The minimum absolute atomic E-state index is 0.120. The molecule has 0 aromatic heterocycles. The summed E-state index contributed by atoms with van der Waals surface area (Å²) in [5, 5.41) is 5.60. The third-order valence-corrected chi connectivity index (χ3v) is 4.55. The van der Waals surface area contributed by atoms with E-state index < -0.39 is 11.9 Å². The van der Waals surface area contributed by atoms with Gasteiger partial charge in [-0.1, -0.05) is 36.4 Å². The van der Waals surface area contributed by atoms with Crippen LogP contribution in [-0.2, 0) is 22.4 Å². The first-order valence-electron chi connectivity index (χ1n) is 9.55. The average molecular weight is 408 g/mol. The van der Waals surface area contributed by atoms with E-state index in [2.05, 4.69) is 10.6 Å². The van der Waals surface area contributed by atoms with E-state index in [0.717, 1.165) is 5.56 Å². The Morgan fingerprint density at radius 1 is 0.867 bits per heavy atom. The normalized spacial score (nSPS) is 11.6. The second-order valence-corrected chi connectivity index (χ2v) is 7.06. The Hall–Kier alpha value is -3.54. The van der Waals surface area contributed by atoms with E-state index in [9.17, 15) is 18.4 Å². The maximum Gasteiger partial charge on any atom is 0.224 e. The first-order valence-corrected chi connectivity index (χ1v) is 9.55. The molecule has 0 aliphatic rings. The number of halogens is 2. The summed E-state index contributed by atoms with van der Waals surface area (Å²) in [6.45, 7) is 1.42. The van der Waals surface area contributed by atoms with Gasteiger partial charge in [-0.15, -0.1) is 0 Å². The summed E-state index contributed by atoms with van der Waals surface area (Å²) in [6.07, 6.45) is 0.448. The first kappa shape index (κ1) is 21.2. The number of amides is 2. The van der Waals surface area contributed by atoms with E-state index in [1.165, 1.54) is 31.2 Å². The standard InChI is InChI=1S/C24H22F2N2O2/c1-16(29)27-22-10-8-17(9-11-22)14-24(30)28-23(19-5-3-7-21(26)15-19)13-18-4-2-6-20(25)12-18/h2-12,15,23H,13-14H2,1H3,(H,27,29)(H,28,30). The van der Waals surface area contributed by atoms with Gasteiger partial charge in [-0.2, -0.15) is 0 Å². The minimum Gasteiger partial charge on any atom is -0.349 e. The van der Waals surface area contributed by atoms with Crippen molar-refractivity contribution in [3.63, 3.8) is 0 Å². The van der Waals surface area contributed by atoms with Crippen molar-refractivity contribution < 1.29 is 18.4 Å². The fraction of sp³-hybridized carbons (Fsp3) is 0.167. The number of benzene rings is 3. The van der Waals surface area contributed by atoms with E-state index in [1.54, 1.807) is 48.5 Å². The monoisotopic (exact) mass is 408 g/mol. The highest BCUT2D eigenvalue weighted by atomic mass is 19.1. The Labute approximate surface area is 173 Å². The Balaban J connectivity index is 1.73. The molecule has 0 bridgehead atoms. The molecule has 0 aliphatic carbocycles. The van der Waals surface area contributed by atoms with Crippen molar-refractivity contribution in [3.05, 3.63) is 101 Å². The molecular formula is C24H22F2N2O2. The molecule has 154 valence electrons. The molecule has 0 saturated carbocycles. The second kappa shape index (κ2) is 9.78. The van der Waals surface area contributed by atoms with Gasteiger partial charge in [-0.05, 0) is 59.5 Å². The molecule has 2 N–H and O–H groups in total. The Morgan fingerprint density at radius 3 is 2.17 bits per heavy atom. The maximum absolute atomic E-state index is 13.7.